The highest BCUT2D eigenvalue weighted by molar-refractivity contribution is 7.09. The number of carbonyl (C=O) groups is 1. The highest BCUT2D eigenvalue weighted by atomic mass is 32.1. The number of benzene rings is 1. The molecular weight excluding hydrogens is 336 g/mol. The summed E-state index contributed by atoms with van der Waals surface area (Å²) in [6.07, 6.45) is 1.31. The van der Waals surface area contributed by atoms with Crippen LogP contribution in [0, 0.1) is 17.0 Å². The number of nitrogens with one attached hydrogen (secondary N) is 1. The van der Waals surface area contributed by atoms with Gasteiger partial charge in [-0.15, -0.1) is 11.3 Å². The lowest BCUT2D eigenvalue weighted by molar-refractivity contribution is -0.386. The van der Waals surface area contributed by atoms with E-state index in [2.05, 4.69) is 15.5 Å². The molecule has 1 aromatic carbocycles. The number of carbonyl (C=O) groups excluding carboxylic acids is 1. The van der Waals surface area contributed by atoms with Gasteiger partial charge < -0.3 is 9.84 Å². The maximum atomic E-state index is 11.7. The summed E-state index contributed by atoms with van der Waals surface area (Å²) < 4.78 is 4.87. The van der Waals surface area contributed by atoms with Crippen LogP contribution in [0.25, 0.3) is 0 Å². The van der Waals surface area contributed by atoms with Crippen LogP contribution < -0.4 is 10.2 Å². The number of methoxy groups -OCH3 is 1. The lowest BCUT2D eigenvalue weighted by Gasteiger charge is -2.05. The molecular formula is C14H14N4O5S. The molecule has 1 heterocycles. The van der Waals surface area contributed by atoms with Crippen molar-refractivity contribution in [2.45, 2.75) is 13.3 Å². The third kappa shape index (κ3) is 4.26. The molecule has 0 spiro atoms. The van der Waals surface area contributed by atoms with Crippen LogP contribution in [0.1, 0.15) is 16.3 Å². The Labute approximate surface area is 140 Å². The number of amides is 1. The molecule has 126 valence electrons. The molecule has 2 aromatic rings. The van der Waals surface area contributed by atoms with E-state index < -0.39 is 16.4 Å². The number of phenols is 1. The van der Waals surface area contributed by atoms with Gasteiger partial charge >= 0.3 is 5.69 Å². The monoisotopic (exact) mass is 350 g/mol. The predicted octanol–water partition coefficient (Wildman–Crippen LogP) is 1.77. The van der Waals surface area contributed by atoms with Gasteiger partial charge in [-0.25, -0.2) is 10.4 Å². The van der Waals surface area contributed by atoms with Crippen LogP contribution in [0.15, 0.2) is 22.6 Å². The molecule has 2 N–H and O–H groups in total. The van der Waals surface area contributed by atoms with Crippen molar-refractivity contribution in [2.75, 3.05) is 7.11 Å². The predicted molar refractivity (Wildman–Crippen MR) is 87.6 cm³/mol. The second kappa shape index (κ2) is 7.51. The van der Waals surface area contributed by atoms with E-state index >= 15 is 0 Å². The number of ether oxygens (including phenoxy) is 1. The third-order valence-corrected chi connectivity index (χ3v) is 3.84. The molecule has 0 unspecified atom stereocenters. The van der Waals surface area contributed by atoms with Gasteiger partial charge in [0.15, 0.2) is 5.75 Å². The normalized spacial score (nSPS) is 10.8. The topological polar surface area (TPSA) is 127 Å². The summed E-state index contributed by atoms with van der Waals surface area (Å²) in [5.74, 6) is -0.987. The lowest BCUT2D eigenvalue weighted by Crippen LogP contribution is -2.19. The zero-order valence-corrected chi connectivity index (χ0v) is 13.7. The minimum atomic E-state index is -0.738. The van der Waals surface area contributed by atoms with Crippen LogP contribution in [0.2, 0.25) is 0 Å². The van der Waals surface area contributed by atoms with Crippen molar-refractivity contribution in [2.24, 2.45) is 5.10 Å². The van der Waals surface area contributed by atoms with Gasteiger partial charge in [0.05, 0.1) is 24.7 Å². The molecule has 0 fully saturated rings. The van der Waals surface area contributed by atoms with E-state index in [1.807, 2.05) is 12.3 Å². The first kappa shape index (κ1) is 17.3. The quantitative estimate of drug-likeness (QED) is 0.464. The molecule has 0 saturated heterocycles. The Balaban J connectivity index is 2.07. The zero-order chi connectivity index (χ0) is 17.7. The summed E-state index contributed by atoms with van der Waals surface area (Å²) in [6, 6.07) is 2.49. The number of aromatic nitrogens is 1. The van der Waals surface area contributed by atoms with Crippen molar-refractivity contribution < 1.29 is 19.6 Å². The van der Waals surface area contributed by atoms with E-state index in [9.17, 15) is 20.0 Å². The lowest BCUT2D eigenvalue weighted by atomic mass is 10.2. The van der Waals surface area contributed by atoms with Gasteiger partial charge in [-0.05, 0) is 13.0 Å². The van der Waals surface area contributed by atoms with E-state index in [1.54, 1.807) is 0 Å². The first-order chi connectivity index (χ1) is 11.4. The Morgan fingerprint density at radius 3 is 2.92 bits per heavy atom. The van der Waals surface area contributed by atoms with Crippen LogP contribution in [0.3, 0.4) is 0 Å². The van der Waals surface area contributed by atoms with E-state index in [1.165, 1.54) is 30.7 Å². The van der Waals surface area contributed by atoms with Gasteiger partial charge in [-0.2, -0.15) is 5.10 Å². The average Bonchev–Trinajstić information content (AvgIpc) is 2.93. The van der Waals surface area contributed by atoms with Crippen molar-refractivity contribution in [3.63, 3.8) is 0 Å². The molecule has 0 atom stereocenters. The number of nitrogens with zero attached hydrogens (tertiary/aromatic N) is 3. The number of phenolic OH excluding ortho intramolecular Hbond substituents is 1. The number of thiazole rings is 1. The number of hydrogen-bond donors (Lipinski definition) is 2. The summed E-state index contributed by atoms with van der Waals surface area (Å²) in [5.41, 5.74) is 2.94. The van der Waals surface area contributed by atoms with E-state index in [0.29, 0.717) is 10.6 Å². The molecule has 24 heavy (non-hydrogen) atoms. The van der Waals surface area contributed by atoms with Crippen LogP contribution >= 0.6 is 11.3 Å². The second-order valence-electron chi connectivity index (χ2n) is 4.70. The minimum Gasteiger partial charge on any atom is -0.500 e. The number of rotatable bonds is 6. The van der Waals surface area contributed by atoms with Crippen molar-refractivity contribution >= 4 is 29.1 Å². The maximum absolute atomic E-state index is 11.7. The Morgan fingerprint density at radius 1 is 1.58 bits per heavy atom. The Morgan fingerprint density at radius 2 is 2.33 bits per heavy atom. The maximum Gasteiger partial charge on any atom is 0.315 e. The fourth-order valence-corrected chi connectivity index (χ4v) is 2.59. The Bertz CT molecular complexity index is 802. The van der Waals surface area contributed by atoms with Gasteiger partial charge in [-0.3, -0.25) is 14.9 Å². The number of nitro benzene ring substituents is 1. The summed E-state index contributed by atoms with van der Waals surface area (Å²) in [5, 5.41) is 26.8. The fourth-order valence-electron chi connectivity index (χ4n) is 1.82. The number of hydrogen-bond acceptors (Lipinski definition) is 8. The first-order valence-corrected chi connectivity index (χ1v) is 7.57. The Hall–Kier alpha value is -3.01. The molecule has 1 amide bonds. The van der Waals surface area contributed by atoms with Crippen LogP contribution in [0.5, 0.6) is 11.5 Å². The van der Waals surface area contributed by atoms with E-state index in [4.69, 9.17) is 4.74 Å². The standard InChI is InChI=1S/C14H14N4O5S/c1-8-7-24-13(16-8)5-12(19)17-15-6-9-3-10(18(21)22)14(20)11(4-9)23-2/h3-4,6-7,20H,5H2,1-2H3,(H,17,19)/b15-6-. The van der Waals surface area contributed by atoms with E-state index in [0.717, 1.165) is 11.8 Å². The number of aryl methyl sites for hydroxylation is 1. The highest BCUT2D eigenvalue weighted by Crippen LogP contribution is 2.36. The van der Waals surface area contributed by atoms with Crippen molar-refractivity contribution in [3.8, 4) is 11.5 Å². The van der Waals surface area contributed by atoms with Crippen molar-refractivity contribution in [1.82, 2.24) is 10.4 Å². The molecule has 0 aliphatic carbocycles. The molecule has 2 rings (SSSR count). The van der Waals surface area contributed by atoms with Crippen LogP contribution in [0.4, 0.5) is 5.69 Å². The summed E-state index contributed by atoms with van der Waals surface area (Å²) in [4.78, 5) is 26.1. The fraction of sp³-hybridized carbons (Fsp3) is 0.214. The summed E-state index contributed by atoms with van der Waals surface area (Å²) in [6.45, 7) is 1.83. The minimum absolute atomic E-state index is 0.0600. The highest BCUT2D eigenvalue weighted by Gasteiger charge is 2.19. The average molecular weight is 350 g/mol. The van der Waals surface area contributed by atoms with Crippen molar-refractivity contribution in [1.29, 1.82) is 0 Å². The smallest absolute Gasteiger partial charge is 0.315 e. The van der Waals surface area contributed by atoms with Gasteiger partial charge in [0.1, 0.15) is 5.01 Å². The van der Waals surface area contributed by atoms with Crippen LogP contribution in [-0.4, -0.2) is 34.2 Å². The Kier molecular flexibility index (Phi) is 5.42. The van der Waals surface area contributed by atoms with Gasteiger partial charge in [0.2, 0.25) is 11.7 Å². The molecule has 0 radical (unpaired) electrons. The largest absolute Gasteiger partial charge is 0.500 e. The third-order valence-electron chi connectivity index (χ3n) is 2.87. The SMILES string of the molecule is COc1cc(/C=N\NC(=O)Cc2nc(C)cs2)cc([N+](=O)[O-])c1O. The molecule has 0 saturated carbocycles. The summed E-state index contributed by atoms with van der Waals surface area (Å²) in [7, 11) is 1.28. The van der Waals surface area contributed by atoms with Crippen molar-refractivity contribution in [3.05, 3.63) is 43.9 Å². The molecule has 1 aromatic heterocycles. The first-order valence-electron chi connectivity index (χ1n) is 6.69. The number of nitro groups is 1. The molecule has 9 nitrogen and oxygen atoms in total. The molecule has 10 heteroatoms. The zero-order valence-electron chi connectivity index (χ0n) is 12.8. The van der Waals surface area contributed by atoms with Crippen LogP contribution in [-0.2, 0) is 11.2 Å². The molecule has 0 aliphatic heterocycles. The summed E-state index contributed by atoms with van der Waals surface area (Å²) >= 11 is 1.38. The number of aromatic hydroxyl groups is 1. The molecule has 0 bridgehead atoms. The number of hydrazone groups is 1. The van der Waals surface area contributed by atoms with Gasteiger partial charge in [-0.1, -0.05) is 0 Å². The van der Waals surface area contributed by atoms with Gasteiger partial charge in [0.25, 0.3) is 0 Å². The van der Waals surface area contributed by atoms with E-state index in [-0.39, 0.29) is 18.1 Å². The second-order valence-corrected chi connectivity index (χ2v) is 5.64. The molecule has 0 aliphatic rings. The van der Waals surface area contributed by atoms with Gasteiger partial charge in [0, 0.05) is 22.7 Å².